The molecular formula is C20H21N7O3S2. The smallest absolute Gasteiger partial charge is 0.242 e. The van der Waals surface area contributed by atoms with E-state index < -0.39 is 10.0 Å². The lowest BCUT2D eigenvalue weighted by Gasteiger charge is -2.32. The Hall–Kier alpha value is -2.96. The van der Waals surface area contributed by atoms with Gasteiger partial charge in [0.15, 0.2) is 5.65 Å². The Morgan fingerprint density at radius 3 is 2.97 bits per heavy atom. The van der Waals surface area contributed by atoms with Crippen LogP contribution in [-0.4, -0.2) is 62.2 Å². The number of carbonyl (C=O) groups excluding carboxylic acids is 1. The lowest BCUT2D eigenvalue weighted by molar-refractivity contribution is -0.132. The summed E-state index contributed by atoms with van der Waals surface area (Å²) >= 11 is 0.966. The summed E-state index contributed by atoms with van der Waals surface area (Å²) in [4.78, 5) is 14.7. The highest BCUT2D eigenvalue weighted by atomic mass is 32.2. The molecule has 12 heteroatoms. The first-order valence-corrected chi connectivity index (χ1v) is 12.5. The maximum Gasteiger partial charge on any atom is 0.242 e. The Morgan fingerprint density at radius 1 is 1.16 bits per heavy atom. The lowest BCUT2D eigenvalue weighted by Crippen LogP contribution is -2.41. The fraction of sp³-hybridized carbons (Fsp3) is 0.350. The van der Waals surface area contributed by atoms with E-state index in [1.54, 1.807) is 17.0 Å². The largest absolute Gasteiger partial charge is 0.342 e. The number of hydrogen-bond donors (Lipinski definition) is 1. The topological polar surface area (TPSA) is 122 Å². The molecule has 0 saturated carbocycles. The van der Waals surface area contributed by atoms with E-state index in [1.807, 2.05) is 28.8 Å². The number of piperidine rings is 1. The second kappa shape index (κ2) is 8.52. The zero-order valence-electron chi connectivity index (χ0n) is 17.1. The molecule has 1 aromatic carbocycles. The van der Waals surface area contributed by atoms with Gasteiger partial charge in [0.1, 0.15) is 21.8 Å². The molecule has 4 aromatic rings. The summed E-state index contributed by atoms with van der Waals surface area (Å²) in [5.74, 6) is 0.861. The van der Waals surface area contributed by atoms with Gasteiger partial charge in [0.05, 0.1) is 11.7 Å². The van der Waals surface area contributed by atoms with Crippen LogP contribution in [0, 0.1) is 0 Å². The monoisotopic (exact) mass is 471 g/mol. The normalized spacial score (nSPS) is 17.2. The molecule has 1 aliphatic heterocycles. The minimum atomic E-state index is -3.79. The van der Waals surface area contributed by atoms with Crippen molar-refractivity contribution in [2.45, 2.75) is 30.1 Å². The number of pyridine rings is 1. The summed E-state index contributed by atoms with van der Waals surface area (Å²) < 4.78 is 38.1. The number of rotatable bonds is 6. The molecule has 0 bridgehead atoms. The van der Waals surface area contributed by atoms with Crippen molar-refractivity contribution in [3.05, 3.63) is 48.4 Å². The van der Waals surface area contributed by atoms with Crippen LogP contribution in [0.5, 0.6) is 0 Å². The van der Waals surface area contributed by atoms with Crippen LogP contribution in [0.4, 0.5) is 0 Å². The molecule has 0 aliphatic carbocycles. The number of hydrogen-bond acceptors (Lipinski definition) is 8. The zero-order valence-corrected chi connectivity index (χ0v) is 18.7. The minimum absolute atomic E-state index is 0.0180. The van der Waals surface area contributed by atoms with Crippen molar-refractivity contribution < 1.29 is 13.2 Å². The molecule has 1 N–H and O–H groups in total. The van der Waals surface area contributed by atoms with Crippen LogP contribution < -0.4 is 4.72 Å². The highest BCUT2D eigenvalue weighted by Gasteiger charge is 2.28. The quantitative estimate of drug-likeness (QED) is 0.455. The van der Waals surface area contributed by atoms with Gasteiger partial charge in [-0.3, -0.25) is 9.20 Å². The summed E-state index contributed by atoms with van der Waals surface area (Å²) in [7, 11) is -3.79. The molecule has 32 heavy (non-hydrogen) atoms. The van der Waals surface area contributed by atoms with Gasteiger partial charge in [-0.1, -0.05) is 12.1 Å². The van der Waals surface area contributed by atoms with Crippen LogP contribution in [0.25, 0.3) is 16.7 Å². The molecular weight excluding hydrogens is 450 g/mol. The number of nitrogens with one attached hydrogen (secondary N) is 1. The average molecular weight is 472 g/mol. The van der Waals surface area contributed by atoms with Gasteiger partial charge in [0, 0.05) is 38.2 Å². The molecule has 3 aromatic heterocycles. The number of benzene rings is 1. The molecule has 1 atom stereocenters. The maximum atomic E-state index is 12.8. The van der Waals surface area contributed by atoms with Gasteiger partial charge >= 0.3 is 0 Å². The van der Waals surface area contributed by atoms with E-state index in [2.05, 4.69) is 23.7 Å². The lowest BCUT2D eigenvalue weighted by atomic mass is 9.97. The molecule has 1 fully saturated rings. The van der Waals surface area contributed by atoms with E-state index in [-0.39, 0.29) is 29.7 Å². The number of amides is 1. The maximum absolute atomic E-state index is 12.8. The van der Waals surface area contributed by atoms with Gasteiger partial charge in [-0.25, -0.2) is 13.1 Å². The Kier molecular flexibility index (Phi) is 5.57. The van der Waals surface area contributed by atoms with Gasteiger partial charge in [0.2, 0.25) is 15.9 Å². The first-order valence-electron chi connectivity index (χ1n) is 10.3. The standard InChI is InChI=1S/C20H21N7O3S2/c28-18(9-10-21-32(29,30)16-7-3-6-15-19(16)25-31-24-15)26-11-4-5-14(13-26)20-23-22-17-8-1-2-12-27(17)20/h1-3,6-8,12,14,21H,4-5,9-11,13H2/t14-/m1/s1. The summed E-state index contributed by atoms with van der Waals surface area (Å²) in [6.07, 6.45) is 3.80. The van der Waals surface area contributed by atoms with Gasteiger partial charge in [-0.2, -0.15) is 8.75 Å². The Balaban J connectivity index is 1.22. The first kappa shape index (κ1) is 20.9. The molecule has 4 heterocycles. The number of likely N-dealkylation sites (tertiary alicyclic amines) is 1. The minimum Gasteiger partial charge on any atom is -0.342 e. The molecule has 5 rings (SSSR count). The van der Waals surface area contributed by atoms with Crippen molar-refractivity contribution in [2.24, 2.45) is 0 Å². The van der Waals surface area contributed by atoms with E-state index >= 15 is 0 Å². The van der Waals surface area contributed by atoms with Crippen molar-refractivity contribution in [3.8, 4) is 0 Å². The van der Waals surface area contributed by atoms with Gasteiger partial charge in [-0.15, -0.1) is 10.2 Å². The van der Waals surface area contributed by atoms with E-state index in [9.17, 15) is 13.2 Å². The number of nitrogens with zero attached hydrogens (tertiary/aromatic N) is 6. The molecule has 1 saturated heterocycles. The fourth-order valence-electron chi connectivity index (χ4n) is 4.08. The molecule has 1 aliphatic rings. The number of aromatic nitrogens is 5. The molecule has 10 nitrogen and oxygen atoms in total. The van der Waals surface area contributed by atoms with Crippen molar-refractivity contribution in [2.75, 3.05) is 19.6 Å². The van der Waals surface area contributed by atoms with Crippen molar-refractivity contribution >= 4 is 44.3 Å². The molecule has 166 valence electrons. The number of carbonyl (C=O) groups is 1. The van der Waals surface area contributed by atoms with E-state index in [4.69, 9.17) is 0 Å². The summed E-state index contributed by atoms with van der Waals surface area (Å²) in [6, 6.07) is 10.6. The Bertz CT molecular complexity index is 1380. The molecule has 0 spiro atoms. The molecule has 0 unspecified atom stereocenters. The van der Waals surface area contributed by atoms with Crippen LogP contribution in [0.15, 0.2) is 47.5 Å². The third-order valence-electron chi connectivity index (χ3n) is 5.65. The van der Waals surface area contributed by atoms with Crippen LogP contribution in [0.2, 0.25) is 0 Å². The number of sulfonamides is 1. The third-order valence-corrected chi connectivity index (χ3v) is 7.68. The fourth-order valence-corrected chi connectivity index (χ4v) is 5.88. The predicted octanol–water partition coefficient (Wildman–Crippen LogP) is 1.81. The van der Waals surface area contributed by atoms with Crippen molar-refractivity contribution in [3.63, 3.8) is 0 Å². The zero-order chi connectivity index (χ0) is 22.1. The summed E-state index contributed by atoms with van der Waals surface area (Å²) in [5.41, 5.74) is 1.66. The van der Waals surface area contributed by atoms with Crippen LogP contribution in [0.3, 0.4) is 0 Å². The second-order valence-corrected chi connectivity index (χ2v) is 9.97. The van der Waals surface area contributed by atoms with Gasteiger partial charge < -0.3 is 4.90 Å². The third kappa shape index (κ3) is 3.96. The van der Waals surface area contributed by atoms with Gasteiger partial charge in [0.25, 0.3) is 0 Å². The van der Waals surface area contributed by atoms with Crippen LogP contribution in [-0.2, 0) is 14.8 Å². The summed E-state index contributed by atoms with van der Waals surface area (Å²) in [5, 5.41) is 8.55. The van der Waals surface area contributed by atoms with Crippen LogP contribution >= 0.6 is 11.7 Å². The average Bonchev–Trinajstić information content (AvgIpc) is 3.46. The molecule has 0 radical (unpaired) electrons. The highest BCUT2D eigenvalue weighted by molar-refractivity contribution is 7.89. The number of fused-ring (bicyclic) bond motifs is 2. The van der Waals surface area contributed by atoms with Gasteiger partial charge in [-0.05, 0) is 37.1 Å². The predicted molar refractivity (Wildman–Crippen MR) is 119 cm³/mol. The van der Waals surface area contributed by atoms with E-state index in [0.717, 1.165) is 36.0 Å². The summed E-state index contributed by atoms with van der Waals surface area (Å²) in [6.45, 7) is 1.22. The second-order valence-electron chi connectivity index (χ2n) is 7.70. The van der Waals surface area contributed by atoms with E-state index in [0.29, 0.717) is 24.1 Å². The van der Waals surface area contributed by atoms with E-state index in [1.165, 1.54) is 6.07 Å². The first-order chi connectivity index (χ1) is 15.5. The SMILES string of the molecule is O=C(CCNS(=O)(=O)c1cccc2nsnc12)N1CCC[C@@H](c2nnc3ccccn23)C1. The highest BCUT2D eigenvalue weighted by Crippen LogP contribution is 2.26. The van der Waals surface area contributed by atoms with Crippen LogP contribution in [0.1, 0.15) is 31.0 Å². The Labute approximate surface area is 188 Å². The van der Waals surface area contributed by atoms with Crippen molar-refractivity contribution in [1.29, 1.82) is 0 Å². The molecule has 1 amide bonds. The van der Waals surface area contributed by atoms with Crippen molar-refractivity contribution in [1.82, 2.24) is 33.0 Å². The Morgan fingerprint density at radius 2 is 2.06 bits per heavy atom.